The number of piperidine rings is 1. The van der Waals surface area contributed by atoms with Crippen LogP contribution in [0, 0.1) is 5.92 Å². The normalized spacial score (nSPS) is 27.1. The minimum absolute atomic E-state index is 0.105. The summed E-state index contributed by atoms with van der Waals surface area (Å²) < 4.78 is 0. The molecule has 104 valence electrons. The Labute approximate surface area is 109 Å². The van der Waals surface area contributed by atoms with Gasteiger partial charge in [0.15, 0.2) is 0 Å². The van der Waals surface area contributed by atoms with E-state index in [0.717, 1.165) is 52.0 Å². The fourth-order valence-corrected chi connectivity index (χ4v) is 2.86. The van der Waals surface area contributed by atoms with Gasteiger partial charge in [-0.1, -0.05) is 0 Å². The molecule has 0 saturated carbocycles. The van der Waals surface area contributed by atoms with Gasteiger partial charge < -0.3 is 20.6 Å². The highest BCUT2D eigenvalue weighted by Gasteiger charge is 2.28. The van der Waals surface area contributed by atoms with Crippen molar-refractivity contribution >= 4 is 5.91 Å². The maximum Gasteiger partial charge on any atom is 0.222 e. The highest BCUT2D eigenvalue weighted by Crippen LogP contribution is 2.17. The summed E-state index contributed by atoms with van der Waals surface area (Å²) in [6, 6.07) is 0. The van der Waals surface area contributed by atoms with Gasteiger partial charge in [-0.3, -0.25) is 4.79 Å². The van der Waals surface area contributed by atoms with Crippen molar-refractivity contribution < 1.29 is 9.90 Å². The fraction of sp³-hybridized carbons (Fsp3) is 0.923. The van der Waals surface area contributed by atoms with Crippen molar-refractivity contribution in [2.45, 2.75) is 31.8 Å². The van der Waals surface area contributed by atoms with E-state index < -0.39 is 0 Å². The third-order valence-electron chi connectivity index (χ3n) is 4.09. The highest BCUT2D eigenvalue weighted by atomic mass is 16.3. The number of aliphatic hydroxyl groups is 1. The van der Waals surface area contributed by atoms with Gasteiger partial charge in [-0.15, -0.1) is 0 Å². The van der Waals surface area contributed by atoms with Gasteiger partial charge >= 0.3 is 0 Å². The van der Waals surface area contributed by atoms with Gasteiger partial charge in [0.1, 0.15) is 0 Å². The molecule has 0 aromatic heterocycles. The Morgan fingerprint density at radius 3 is 2.61 bits per heavy atom. The predicted molar refractivity (Wildman–Crippen MR) is 70.0 cm³/mol. The Morgan fingerprint density at radius 1 is 1.28 bits per heavy atom. The minimum atomic E-state index is -0.105. The second-order valence-electron chi connectivity index (χ2n) is 5.57. The van der Waals surface area contributed by atoms with Gasteiger partial charge in [-0.05, 0) is 38.3 Å². The molecule has 0 radical (unpaired) electrons. The van der Waals surface area contributed by atoms with Crippen LogP contribution in [0.25, 0.3) is 0 Å². The van der Waals surface area contributed by atoms with E-state index >= 15 is 0 Å². The molecule has 18 heavy (non-hydrogen) atoms. The molecule has 3 N–H and O–H groups in total. The molecular formula is C13H25N3O2. The summed E-state index contributed by atoms with van der Waals surface area (Å²) in [7, 11) is 0. The lowest BCUT2D eigenvalue weighted by Crippen LogP contribution is -2.38. The molecule has 0 aromatic rings. The van der Waals surface area contributed by atoms with Crippen molar-refractivity contribution in [3.63, 3.8) is 0 Å². The highest BCUT2D eigenvalue weighted by molar-refractivity contribution is 5.78. The molecular weight excluding hydrogens is 230 g/mol. The largest absolute Gasteiger partial charge is 0.393 e. The lowest BCUT2D eigenvalue weighted by Gasteiger charge is -2.30. The van der Waals surface area contributed by atoms with E-state index in [1.807, 2.05) is 4.90 Å². The van der Waals surface area contributed by atoms with Gasteiger partial charge in [0.2, 0.25) is 5.91 Å². The molecule has 2 heterocycles. The van der Waals surface area contributed by atoms with Crippen LogP contribution in [0.5, 0.6) is 0 Å². The first-order valence-corrected chi connectivity index (χ1v) is 7.07. The Bertz CT molecular complexity index is 277. The van der Waals surface area contributed by atoms with Gasteiger partial charge in [0, 0.05) is 32.6 Å². The molecule has 2 fully saturated rings. The quantitative estimate of drug-likeness (QED) is 0.704. The zero-order valence-corrected chi connectivity index (χ0v) is 11.1. The first kappa shape index (κ1) is 13.8. The predicted octanol–water partition coefficient (Wildman–Crippen LogP) is -0.360. The van der Waals surface area contributed by atoms with E-state index in [1.165, 1.54) is 0 Å². The number of carbonyl (C=O) groups is 1. The molecule has 0 spiro atoms. The molecule has 2 rings (SSSR count). The van der Waals surface area contributed by atoms with Crippen molar-refractivity contribution in [1.82, 2.24) is 9.80 Å². The van der Waals surface area contributed by atoms with Gasteiger partial charge in [0.05, 0.1) is 6.10 Å². The van der Waals surface area contributed by atoms with Gasteiger partial charge in [-0.25, -0.2) is 0 Å². The van der Waals surface area contributed by atoms with Crippen LogP contribution >= 0.6 is 0 Å². The Balaban J connectivity index is 1.62. The molecule has 1 amide bonds. The molecule has 2 aliphatic rings. The second-order valence-corrected chi connectivity index (χ2v) is 5.57. The summed E-state index contributed by atoms with van der Waals surface area (Å²) in [5, 5.41) is 9.42. The van der Waals surface area contributed by atoms with E-state index in [9.17, 15) is 9.90 Å². The molecule has 1 unspecified atom stereocenters. The van der Waals surface area contributed by atoms with E-state index in [-0.39, 0.29) is 12.0 Å². The van der Waals surface area contributed by atoms with Gasteiger partial charge in [-0.2, -0.15) is 0 Å². The summed E-state index contributed by atoms with van der Waals surface area (Å²) in [5.41, 5.74) is 5.61. The van der Waals surface area contributed by atoms with Crippen molar-refractivity contribution in [2.24, 2.45) is 11.7 Å². The van der Waals surface area contributed by atoms with E-state index in [4.69, 9.17) is 5.73 Å². The Hall–Kier alpha value is -0.650. The zero-order valence-electron chi connectivity index (χ0n) is 11.1. The Morgan fingerprint density at radius 2 is 2.00 bits per heavy atom. The number of rotatable bonds is 5. The SMILES string of the molecule is NCC1CC(=O)N(CCCN2CCC(O)CC2)C1. The first-order valence-electron chi connectivity index (χ1n) is 7.07. The van der Waals surface area contributed by atoms with E-state index in [0.29, 0.717) is 18.9 Å². The van der Waals surface area contributed by atoms with E-state index in [1.54, 1.807) is 0 Å². The zero-order chi connectivity index (χ0) is 13.0. The van der Waals surface area contributed by atoms with Crippen molar-refractivity contribution in [2.75, 3.05) is 39.3 Å². The molecule has 2 saturated heterocycles. The topological polar surface area (TPSA) is 69.8 Å². The average molecular weight is 255 g/mol. The van der Waals surface area contributed by atoms with Gasteiger partial charge in [0.25, 0.3) is 0 Å². The maximum absolute atomic E-state index is 11.7. The van der Waals surface area contributed by atoms with Crippen LogP contribution in [0.3, 0.4) is 0 Å². The Kier molecular flexibility index (Phi) is 4.97. The second kappa shape index (κ2) is 6.50. The summed E-state index contributed by atoms with van der Waals surface area (Å²) in [5.74, 6) is 0.627. The van der Waals surface area contributed by atoms with Crippen LogP contribution in [0.15, 0.2) is 0 Å². The molecule has 0 bridgehead atoms. The molecule has 5 nitrogen and oxygen atoms in total. The lowest BCUT2D eigenvalue weighted by atomic mass is 10.1. The number of nitrogens with two attached hydrogens (primary N) is 1. The molecule has 5 heteroatoms. The third-order valence-corrected chi connectivity index (χ3v) is 4.09. The monoisotopic (exact) mass is 255 g/mol. The molecule has 0 aliphatic carbocycles. The van der Waals surface area contributed by atoms with Crippen LogP contribution in [0.4, 0.5) is 0 Å². The molecule has 1 atom stereocenters. The van der Waals surface area contributed by atoms with Crippen molar-refractivity contribution in [1.29, 1.82) is 0 Å². The number of amides is 1. The first-order chi connectivity index (χ1) is 8.69. The van der Waals surface area contributed by atoms with Crippen molar-refractivity contribution in [3.05, 3.63) is 0 Å². The van der Waals surface area contributed by atoms with Crippen LogP contribution < -0.4 is 5.73 Å². The number of nitrogens with zero attached hydrogens (tertiary/aromatic N) is 2. The third kappa shape index (κ3) is 3.67. The summed E-state index contributed by atoms with van der Waals surface area (Å²) in [4.78, 5) is 16.0. The number of hydrogen-bond donors (Lipinski definition) is 2. The number of likely N-dealkylation sites (tertiary alicyclic amines) is 2. The van der Waals surface area contributed by atoms with E-state index in [2.05, 4.69) is 4.90 Å². The smallest absolute Gasteiger partial charge is 0.222 e. The molecule has 0 aromatic carbocycles. The summed E-state index contributed by atoms with van der Waals surface area (Å²) in [6.07, 6.45) is 3.33. The summed E-state index contributed by atoms with van der Waals surface area (Å²) >= 11 is 0. The molecule has 2 aliphatic heterocycles. The lowest BCUT2D eigenvalue weighted by molar-refractivity contribution is -0.127. The summed E-state index contributed by atoms with van der Waals surface area (Å²) in [6.45, 7) is 5.32. The average Bonchev–Trinajstić information content (AvgIpc) is 2.73. The number of hydrogen-bond acceptors (Lipinski definition) is 4. The fourth-order valence-electron chi connectivity index (χ4n) is 2.86. The number of carbonyl (C=O) groups excluding carboxylic acids is 1. The van der Waals surface area contributed by atoms with Crippen LogP contribution in [0.2, 0.25) is 0 Å². The minimum Gasteiger partial charge on any atom is -0.393 e. The standard InChI is InChI=1S/C13H25N3O2/c14-9-11-8-13(18)16(10-11)5-1-4-15-6-2-12(17)3-7-15/h11-12,17H,1-10,14H2. The van der Waals surface area contributed by atoms with Crippen LogP contribution in [-0.2, 0) is 4.79 Å². The van der Waals surface area contributed by atoms with Crippen molar-refractivity contribution in [3.8, 4) is 0 Å². The maximum atomic E-state index is 11.7. The number of aliphatic hydroxyl groups excluding tert-OH is 1. The van der Waals surface area contributed by atoms with Crippen LogP contribution in [0.1, 0.15) is 25.7 Å². The van der Waals surface area contributed by atoms with Crippen LogP contribution in [-0.4, -0.2) is 66.2 Å².